The summed E-state index contributed by atoms with van der Waals surface area (Å²) in [6.07, 6.45) is 2.28. The minimum Gasteiger partial charge on any atom is -0.310 e. The van der Waals surface area contributed by atoms with Gasteiger partial charge in [0.15, 0.2) is 0 Å². The van der Waals surface area contributed by atoms with E-state index in [4.69, 9.17) is 11.6 Å². The maximum absolute atomic E-state index is 6.10. The Balaban J connectivity index is 2.65. The highest BCUT2D eigenvalue weighted by atomic mass is 35.5. The Morgan fingerprint density at radius 3 is 2.53 bits per heavy atom. The summed E-state index contributed by atoms with van der Waals surface area (Å²) < 4.78 is 0. The molecule has 1 N–H and O–H groups in total. The second-order valence-electron chi connectivity index (χ2n) is 4.88. The molecule has 1 atom stereocenters. The smallest absolute Gasteiger partial charge is 0.0409 e. The summed E-state index contributed by atoms with van der Waals surface area (Å²) in [6.45, 7) is 11.1. The van der Waals surface area contributed by atoms with Gasteiger partial charge in [0.25, 0.3) is 0 Å². The topological polar surface area (TPSA) is 15.3 Å². The zero-order chi connectivity index (χ0) is 14.1. The Labute approximate surface area is 123 Å². The maximum Gasteiger partial charge on any atom is 0.0409 e. The molecule has 0 saturated heterocycles. The quantitative estimate of drug-likeness (QED) is 0.733. The van der Waals surface area contributed by atoms with E-state index in [1.165, 1.54) is 5.56 Å². The van der Waals surface area contributed by atoms with Crippen LogP contribution in [-0.4, -0.2) is 31.1 Å². The lowest BCUT2D eigenvalue weighted by Gasteiger charge is -2.24. The third kappa shape index (κ3) is 5.94. The molecule has 0 fully saturated rings. The van der Waals surface area contributed by atoms with Crippen molar-refractivity contribution in [2.24, 2.45) is 0 Å². The Bertz CT molecular complexity index is 350. The fourth-order valence-corrected chi connectivity index (χ4v) is 2.48. The third-order valence-electron chi connectivity index (χ3n) is 3.52. The van der Waals surface area contributed by atoms with Gasteiger partial charge in [-0.15, -0.1) is 0 Å². The minimum absolute atomic E-state index is 0.402. The maximum atomic E-state index is 6.10. The summed E-state index contributed by atoms with van der Waals surface area (Å²) in [7, 11) is 0. The molecule has 0 heterocycles. The van der Waals surface area contributed by atoms with Gasteiger partial charge in [-0.3, -0.25) is 0 Å². The van der Waals surface area contributed by atoms with E-state index in [9.17, 15) is 0 Å². The molecule has 0 amide bonds. The number of rotatable bonds is 9. The number of nitrogens with one attached hydrogen (secondary N) is 1. The second kappa shape index (κ2) is 9.35. The number of nitrogens with zero attached hydrogens (tertiary/aromatic N) is 1. The lowest BCUT2D eigenvalue weighted by molar-refractivity contribution is 0.282. The van der Waals surface area contributed by atoms with Gasteiger partial charge < -0.3 is 10.2 Å². The van der Waals surface area contributed by atoms with Crippen LogP contribution in [0, 0.1) is 0 Å². The van der Waals surface area contributed by atoms with Gasteiger partial charge in [-0.1, -0.05) is 44.5 Å². The van der Waals surface area contributed by atoms with E-state index in [1.54, 1.807) is 0 Å². The van der Waals surface area contributed by atoms with Crippen LogP contribution >= 0.6 is 11.6 Å². The van der Waals surface area contributed by atoms with Crippen molar-refractivity contribution >= 4 is 11.6 Å². The Kier molecular flexibility index (Phi) is 8.11. The van der Waals surface area contributed by atoms with E-state index in [0.717, 1.165) is 44.0 Å². The summed E-state index contributed by atoms with van der Waals surface area (Å²) in [4.78, 5) is 2.46. The first kappa shape index (κ1) is 16.5. The van der Waals surface area contributed by atoms with Gasteiger partial charge in [0.2, 0.25) is 0 Å². The van der Waals surface area contributed by atoms with Gasteiger partial charge in [-0.05, 0) is 56.7 Å². The van der Waals surface area contributed by atoms with Crippen molar-refractivity contribution in [3.8, 4) is 0 Å². The predicted molar refractivity (Wildman–Crippen MR) is 84.9 cm³/mol. The number of hydrogen-bond acceptors (Lipinski definition) is 2. The predicted octanol–water partition coefficient (Wildman–Crippen LogP) is 4.11. The summed E-state index contributed by atoms with van der Waals surface area (Å²) in [5.74, 6) is 0. The van der Waals surface area contributed by atoms with Crippen LogP contribution < -0.4 is 5.32 Å². The van der Waals surface area contributed by atoms with Crippen LogP contribution in [-0.2, 0) is 0 Å². The summed E-state index contributed by atoms with van der Waals surface area (Å²) in [6, 6.07) is 8.62. The van der Waals surface area contributed by atoms with Gasteiger partial charge >= 0.3 is 0 Å². The first-order valence-corrected chi connectivity index (χ1v) is 7.80. The molecule has 0 aliphatic carbocycles. The van der Waals surface area contributed by atoms with E-state index >= 15 is 0 Å². The molecule has 0 radical (unpaired) electrons. The van der Waals surface area contributed by atoms with Gasteiger partial charge in [-0.2, -0.15) is 0 Å². The van der Waals surface area contributed by atoms with Gasteiger partial charge in [0.05, 0.1) is 0 Å². The minimum atomic E-state index is 0.402. The second-order valence-corrected chi connectivity index (χ2v) is 5.31. The Morgan fingerprint density at radius 1 is 1.21 bits per heavy atom. The Hall–Kier alpha value is -0.570. The molecule has 108 valence electrons. The molecule has 0 aliphatic heterocycles. The average Bonchev–Trinajstić information content (AvgIpc) is 2.43. The van der Waals surface area contributed by atoms with Crippen LogP contribution in [0.4, 0.5) is 0 Å². The van der Waals surface area contributed by atoms with Crippen LogP contribution in [0.3, 0.4) is 0 Å². The number of benzene rings is 1. The molecule has 0 bridgehead atoms. The summed E-state index contributed by atoms with van der Waals surface area (Å²) >= 11 is 6.10. The van der Waals surface area contributed by atoms with E-state index in [1.807, 2.05) is 12.1 Å². The largest absolute Gasteiger partial charge is 0.310 e. The molecule has 0 aliphatic rings. The molecule has 0 spiro atoms. The first-order valence-electron chi connectivity index (χ1n) is 7.42. The van der Waals surface area contributed by atoms with Gasteiger partial charge in [-0.25, -0.2) is 0 Å². The van der Waals surface area contributed by atoms with Crippen LogP contribution in [0.2, 0.25) is 5.02 Å². The molecule has 0 aromatic heterocycles. The van der Waals surface area contributed by atoms with Crippen LogP contribution in [0.25, 0.3) is 0 Å². The van der Waals surface area contributed by atoms with E-state index < -0.39 is 0 Å². The fourth-order valence-electron chi connectivity index (χ4n) is 2.28. The SMILES string of the molecule is CCCNC(CCN(CC)CC)c1cccc(Cl)c1. The number of halogens is 1. The van der Waals surface area contributed by atoms with Crippen molar-refractivity contribution in [1.29, 1.82) is 0 Å². The van der Waals surface area contributed by atoms with Gasteiger partial charge in [0, 0.05) is 11.1 Å². The molecule has 2 nitrogen and oxygen atoms in total. The van der Waals surface area contributed by atoms with Gasteiger partial charge in [0.1, 0.15) is 0 Å². The first-order chi connectivity index (χ1) is 9.21. The van der Waals surface area contributed by atoms with Crippen molar-refractivity contribution in [3.05, 3.63) is 34.9 Å². The Morgan fingerprint density at radius 2 is 1.95 bits per heavy atom. The molecule has 19 heavy (non-hydrogen) atoms. The molecule has 1 aromatic carbocycles. The van der Waals surface area contributed by atoms with Crippen molar-refractivity contribution in [1.82, 2.24) is 10.2 Å². The molecule has 1 unspecified atom stereocenters. The molecular weight excluding hydrogens is 256 g/mol. The molecule has 0 saturated carbocycles. The van der Waals surface area contributed by atoms with E-state index in [2.05, 4.69) is 43.1 Å². The molecule has 1 aromatic rings. The monoisotopic (exact) mass is 282 g/mol. The standard InChI is InChI=1S/C16H27ClN2/c1-4-11-18-16(10-12-19(5-2)6-3)14-8-7-9-15(17)13-14/h7-9,13,16,18H,4-6,10-12H2,1-3H3. The highest BCUT2D eigenvalue weighted by Gasteiger charge is 2.12. The van der Waals surface area contributed by atoms with Crippen molar-refractivity contribution in [2.75, 3.05) is 26.2 Å². The van der Waals surface area contributed by atoms with Crippen LogP contribution in [0.5, 0.6) is 0 Å². The van der Waals surface area contributed by atoms with Crippen molar-refractivity contribution in [3.63, 3.8) is 0 Å². The van der Waals surface area contributed by atoms with E-state index in [-0.39, 0.29) is 0 Å². The summed E-state index contributed by atoms with van der Waals surface area (Å²) in [5, 5.41) is 4.45. The normalized spacial score (nSPS) is 12.9. The average molecular weight is 283 g/mol. The molecular formula is C16H27ClN2. The zero-order valence-electron chi connectivity index (χ0n) is 12.5. The fraction of sp³-hybridized carbons (Fsp3) is 0.625. The van der Waals surface area contributed by atoms with E-state index in [0.29, 0.717) is 6.04 Å². The highest BCUT2D eigenvalue weighted by molar-refractivity contribution is 6.30. The lowest BCUT2D eigenvalue weighted by Crippen LogP contribution is -2.29. The molecule has 3 heteroatoms. The lowest BCUT2D eigenvalue weighted by atomic mass is 10.0. The van der Waals surface area contributed by atoms with Crippen molar-refractivity contribution < 1.29 is 0 Å². The highest BCUT2D eigenvalue weighted by Crippen LogP contribution is 2.21. The summed E-state index contributed by atoms with van der Waals surface area (Å²) in [5.41, 5.74) is 1.30. The van der Waals surface area contributed by atoms with Crippen molar-refractivity contribution in [2.45, 2.75) is 39.7 Å². The third-order valence-corrected chi connectivity index (χ3v) is 3.76. The molecule has 1 rings (SSSR count). The zero-order valence-corrected chi connectivity index (χ0v) is 13.2. The van der Waals surface area contributed by atoms with Crippen LogP contribution in [0.1, 0.15) is 45.2 Å². The number of hydrogen-bond donors (Lipinski definition) is 1. The van der Waals surface area contributed by atoms with Crippen LogP contribution in [0.15, 0.2) is 24.3 Å².